The van der Waals surface area contributed by atoms with Crippen molar-refractivity contribution in [2.75, 3.05) is 39.8 Å². The highest BCUT2D eigenvalue weighted by Crippen LogP contribution is 2.12. The molecule has 1 saturated heterocycles. The van der Waals surface area contributed by atoms with Gasteiger partial charge in [0.05, 0.1) is 6.54 Å². The molecule has 2 amide bonds. The number of amides is 2. The Hall–Kier alpha value is -1.95. The standard InChI is InChI=1S/C17H24FN3O2/c1-13(11-14-5-3-4-6-15(14)18)17(23)19-12-16(22)21-9-7-20(2)8-10-21/h3-6,13H,7-12H2,1-2H3,(H,19,23). The molecule has 1 heterocycles. The van der Waals surface area contributed by atoms with Crippen molar-refractivity contribution in [2.45, 2.75) is 13.3 Å². The van der Waals surface area contributed by atoms with Gasteiger partial charge in [-0.3, -0.25) is 9.59 Å². The molecule has 0 bridgehead atoms. The van der Waals surface area contributed by atoms with Gasteiger partial charge in [-0.15, -0.1) is 0 Å². The number of rotatable bonds is 5. The van der Waals surface area contributed by atoms with E-state index in [1.807, 2.05) is 7.05 Å². The van der Waals surface area contributed by atoms with Gasteiger partial charge in [-0.1, -0.05) is 25.1 Å². The van der Waals surface area contributed by atoms with Crippen LogP contribution in [0.4, 0.5) is 4.39 Å². The number of hydrogen-bond acceptors (Lipinski definition) is 3. The van der Waals surface area contributed by atoms with Gasteiger partial charge in [0, 0.05) is 32.1 Å². The lowest BCUT2D eigenvalue weighted by molar-refractivity contribution is -0.134. The first kappa shape index (κ1) is 17.4. The van der Waals surface area contributed by atoms with Crippen LogP contribution in [0.3, 0.4) is 0 Å². The highest BCUT2D eigenvalue weighted by Gasteiger charge is 2.21. The van der Waals surface area contributed by atoms with Crippen molar-refractivity contribution < 1.29 is 14.0 Å². The molecular weight excluding hydrogens is 297 g/mol. The third-order valence-corrected chi connectivity index (χ3v) is 4.20. The summed E-state index contributed by atoms with van der Waals surface area (Å²) in [6.07, 6.45) is 0.321. The van der Waals surface area contributed by atoms with Crippen molar-refractivity contribution in [3.63, 3.8) is 0 Å². The van der Waals surface area contributed by atoms with E-state index in [2.05, 4.69) is 10.2 Å². The first-order chi connectivity index (χ1) is 11.0. The van der Waals surface area contributed by atoms with Gasteiger partial charge in [0.2, 0.25) is 11.8 Å². The zero-order chi connectivity index (χ0) is 16.8. The Kier molecular flexibility index (Phi) is 6.10. The molecule has 1 aromatic rings. The van der Waals surface area contributed by atoms with Crippen LogP contribution in [-0.4, -0.2) is 61.4 Å². The third kappa shape index (κ3) is 5.03. The lowest BCUT2D eigenvalue weighted by Crippen LogP contribution is -2.50. The largest absolute Gasteiger partial charge is 0.347 e. The number of hydrogen-bond donors (Lipinski definition) is 1. The summed E-state index contributed by atoms with van der Waals surface area (Å²) in [6.45, 7) is 4.82. The maximum absolute atomic E-state index is 13.6. The smallest absolute Gasteiger partial charge is 0.242 e. The Labute approximate surface area is 136 Å². The minimum absolute atomic E-state index is 0.00413. The van der Waals surface area contributed by atoms with Gasteiger partial charge < -0.3 is 15.1 Å². The molecule has 2 rings (SSSR count). The molecule has 0 saturated carbocycles. The van der Waals surface area contributed by atoms with Gasteiger partial charge in [0.1, 0.15) is 5.82 Å². The molecule has 1 aromatic carbocycles. The topological polar surface area (TPSA) is 52.7 Å². The summed E-state index contributed by atoms with van der Waals surface area (Å²) in [5.41, 5.74) is 0.514. The number of carbonyl (C=O) groups is 2. The highest BCUT2D eigenvalue weighted by molar-refractivity contribution is 5.85. The number of benzene rings is 1. The third-order valence-electron chi connectivity index (χ3n) is 4.20. The Balaban J connectivity index is 1.77. The molecule has 0 radical (unpaired) electrons. The molecular formula is C17H24FN3O2. The van der Waals surface area contributed by atoms with E-state index in [1.54, 1.807) is 30.0 Å². The molecule has 0 aromatic heterocycles. The maximum atomic E-state index is 13.6. The first-order valence-corrected chi connectivity index (χ1v) is 7.95. The molecule has 1 atom stereocenters. The van der Waals surface area contributed by atoms with Crippen LogP contribution in [0.25, 0.3) is 0 Å². The van der Waals surface area contributed by atoms with Crippen molar-refractivity contribution in [3.8, 4) is 0 Å². The van der Waals surface area contributed by atoms with Crippen LogP contribution in [0.2, 0.25) is 0 Å². The van der Waals surface area contributed by atoms with E-state index in [4.69, 9.17) is 0 Å². The number of nitrogens with one attached hydrogen (secondary N) is 1. The number of carbonyl (C=O) groups excluding carboxylic acids is 2. The Bertz CT molecular complexity index is 557. The van der Waals surface area contributed by atoms with Gasteiger partial charge in [-0.25, -0.2) is 4.39 Å². The summed E-state index contributed by atoms with van der Waals surface area (Å²) in [5.74, 6) is -0.979. The second-order valence-electron chi connectivity index (χ2n) is 6.10. The van der Waals surface area contributed by atoms with Gasteiger partial charge >= 0.3 is 0 Å². The van der Waals surface area contributed by atoms with Gasteiger partial charge in [0.15, 0.2) is 0 Å². The quantitative estimate of drug-likeness (QED) is 0.876. The monoisotopic (exact) mass is 321 g/mol. The molecule has 1 unspecified atom stereocenters. The fourth-order valence-electron chi connectivity index (χ4n) is 2.59. The Morgan fingerprint density at radius 1 is 1.22 bits per heavy atom. The molecule has 126 valence electrons. The molecule has 1 N–H and O–H groups in total. The molecule has 0 spiro atoms. The van der Waals surface area contributed by atoms with Gasteiger partial charge in [-0.2, -0.15) is 0 Å². The Morgan fingerprint density at radius 3 is 2.52 bits per heavy atom. The summed E-state index contributed by atoms with van der Waals surface area (Å²) < 4.78 is 13.6. The molecule has 23 heavy (non-hydrogen) atoms. The van der Waals surface area contributed by atoms with E-state index in [0.29, 0.717) is 25.1 Å². The normalized spacial score (nSPS) is 16.9. The summed E-state index contributed by atoms with van der Waals surface area (Å²) in [4.78, 5) is 28.1. The second kappa shape index (κ2) is 8.06. The van der Waals surface area contributed by atoms with Crippen molar-refractivity contribution in [1.29, 1.82) is 0 Å². The van der Waals surface area contributed by atoms with Crippen LogP contribution < -0.4 is 5.32 Å². The fraction of sp³-hybridized carbons (Fsp3) is 0.529. The van der Waals surface area contributed by atoms with Crippen molar-refractivity contribution in [2.24, 2.45) is 5.92 Å². The zero-order valence-corrected chi connectivity index (χ0v) is 13.7. The number of nitrogens with zero attached hydrogens (tertiary/aromatic N) is 2. The number of likely N-dealkylation sites (N-methyl/N-ethyl adjacent to an activating group) is 1. The molecule has 1 aliphatic heterocycles. The van der Waals surface area contributed by atoms with E-state index < -0.39 is 0 Å². The molecule has 5 nitrogen and oxygen atoms in total. The van der Waals surface area contributed by atoms with Gasteiger partial charge in [-0.05, 0) is 25.1 Å². The second-order valence-corrected chi connectivity index (χ2v) is 6.10. The van der Waals surface area contributed by atoms with Crippen LogP contribution in [-0.2, 0) is 16.0 Å². The predicted molar refractivity (Wildman–Crippen MR) is 86.4 cm³/mol. The van der Waals surface area contributed by atoms with Crippen LogP contribution in [0.15, 0.2) is 24.3 Å². The minimum Gasteiger partial charge on any atom is -0.347 e. The first-order valence-electron chi connectivity index (χ1n) is 7.95. The number of piperazine rings is 1. The average Bonchev–Trinajstić information content (AvgIpc) is 2.55. The van der Waals surface area contributed by atoms with Crippen LogP contribution in [0.1, 0.15) is 12.5 Å². The SMILES string of the molecule is CC(Cc1ccccc1F)C(=O)NCC(=O)N1CCN(C)CC1. The summed E-state index contributed by atoms with van der Waals surface area (Å²) in [5, 5.41) is 2.66. The molecule has 1 fully saturated rings. The minimum atomic E-state index is -0.382. The van der Waals surface area contributed by atoms with E-state index in [-0.39, 0.29) is 30.1 Å². The molecule has 6 heteroatoms. The van der Waals surface area contributed by atoms with E-state index in [9.17, 15) is 14.0 Å². The van der Waals surface area contributed by atoms with Crippen molar-refractivity contribution in [3.05, 3.63) is 35.6 Å². The lowest BCUT2D eigenvalue weighted by Gasteiger charge is -2.32. The molecule has 1 aliphatic rings. The summed E-state index contributed by atoms with van der Waals surface area (Å²) >= 11 is 0. The Morgan fingerprint density at radius 2 is 1.87 bits per heavy atom. The highest BCUT2D eigenvalue weighted by atomic mass is 19.1. The number of halogens is 1. The van der Waals surface area contributed by atoms with Crippen molar-refractivity contribution in [1.82, 2.24) is 15.1 Å². The molecule has 0 aliphatic carbocycles. The fourth-order valence-corrected chi connectivity index (χ4v) is 2.59. The van der Waals surface area contributed by atoms with Gasteiger partial charge in [0.25, 0.3) is 0 Å². The predicted octanol–water partition coefficient (Wildman–Crippen LogP) is 0.894. The van der Waals surface area contributed by atoms with Crippen LogP contribution in [0.5, 0.6) is 0 Å². The van der Waals surface area contributed by atoms with Crippen molar-refractivity contribution >= 4 is 11.8 Å². The summed E-state index contributed by atoms with van der Waals surface area (Å²) in [7, 11) is 2.02. The van der Waals surface area contributed by atoms with E-state index >= 15 is 0 Å². The van der Waals surface area contributed by atoms with Crippen LogP contribution >= 0.6 is 0 Å². The van der Waals surface area contributed by atoms with E-state index in [1.165, 1.54) is 6.07 Å². The van der Waals surface area contributed by atoms with Crippen LogP contribution in [0, 0.1) is 11.7 Å². The van der Waals surface area contributed by atoms with E-state index in [0.717, 1.165) is 13.1 Å². The average molecular weight is 321 g/mol. The maximum Gasteiger partial charge on any atom is 0.242 e. The lowest BCUT2D eigenvalue weighted by atomic mass is 10.00. The zero-order valence-electron chi connectivity index (χ0n) is 13.7. The summed E-state index contributed by atoms with van der Waals surface area (Å²) in [6, 6.07) is 6.43.